The Labute approximate surface area is 158 Å². The minimum Gasteiger partial charge on any atom is -0.483 e. The van der Waals surface area contributed by atoms with Crippen molar-refractivity contribution in [3.8, 4) is 5.75 Å². The van der Waals surface area contributed by atoms with Crippen molar-refractivity contribution in [1.29, 1.82) is 0 Å². The molecule has 26 heavy (non-hydrogen) atoms. The lowest BCUT2D eigenvalue weighted by atomic mass is 10.1. The molecule has 0 aromatic heterocycles. The molecule has 0 radical (unpaired) electrons. The highest BCUT2D eigenvalue weighted by molar-refractivity contribution is 7.99. The van der Waals surface area contributed by atoms with E-state index in [0.29, 0.717) is 5.75 Å². The van der Waals surface area contributed by atoms with Crippen molar-refractivity contribution in [2.45, 2.75) is 26.5 Å². The number of benzene rings is 2. The monoisotopic (exact) mass is 372 g/mol. The summed E-state index contributed by atoms with van der Waals surface area (Å²) >= 11 is 1.49. The van der Waals surface area contributed by atoms with Gasteiger partial charge in [-0.1, -0.05) is 48.0 Å². The first-order valence-corrected chi connectivity index (χ1v) is 9.51. The molecule has 0 fully saturated rings. The largest absolute Gasteiger partial charge is 0.483 e. The molecule has 2 rings (SSSR count). The van der Waals surface area contributed by atoms with Gasteiger partial charge in [-0.2, -0.15) is 0 Å². The van der Waals surface area contributed by atoms with Crippen LogP contribution in [0.1, 0.15) is 22.3 Å². The smallest absolute Gasteiger partial charge is 0.276 e. The van der Waals surface area contributed by atoms with Crippen LogP contribution in [0.3, 0.4) is 0 Å². The Morgan fingerprint density at radius 2 is 1.54 bits per heavy atom. The fourth-order valence-electron chi connectivity index (χ4n) is 2.32. The minimum atomic E-state index is -0.399. The van der Waals surface area contributed by atoms with Gasteiger partial charge in [0.05, 0.1) is 5.75 Å². The van der Waals surface area contributed by atoms with Gasteiger partial charge in [-0.15, -0.1) is 11.8 Å². The number of para-hydroxylation sites is 1. The Hall–Kier alpha value is -2.47. The Morgan fingerprint density at radius 3 is 2.19 bits per heavy atom. The molecule has 0 heterocycles. The third-order valence-electron chi connectivity index (χ3n) is 3.72. The zero-order valence-electron chi connectivity index (χ0n) is 15.3. The summed E-state index contributed by atoms with van der Waals surface area (Å²) in [7, 11) is 0. The number of hydrazine groups is 1. The normalized spacial score (nSPS) is 10.3. The van der Waals surface area contributed by atoms with Crippen LogP contribution in [0, 0.1) is 20.8 Å². The second-order valence-electron chi connectivity index (χ2n) is 6.08. The minimum absolute atomic E-state index is 0.150. The van der Waals surface area contributed by atoms with Crippen molar-refractivity contribution >= 4 is 23.6 Å². The lowest BCUT2D eigenvalue weighted by Gasteiger charge is -2.12. The summed E-state index contributed by atoms with van der Waals surface area (Å²) < 4.78 is 5.54. The van der Waals surface area contributed by atoms with Crippen LogP contribution in [-0.2, 0) is 15.3 Å². The van der Waals surface area contributed by atoms with Gasteiger partial charge in [-0.05, 0) is 37.5 Å². The molecule has 0 aliphatic rings. The molecule has 138 valence electrons. The maximum Gasteiger partial charge on any atom is 0.276 e. The number of nitrogens with one attached hydrogen (secondary N) is 2. The van der Waals surface area contributed by atoms with Crippen LogP contribution in [0.25, 0.3) is 0 Å². The fraction of sp³-hybridized carbons (Fsp3) is 0.300. The molecule has 2 aromatic rings. The molecule has 0 aliphatic heterocycles. The summed E-state index contributed by atoms with van der Waals surface area (Å²) in [6, 6.07) is 14.0. The third kappa shape index (κ3) is 6.44. The number of carbonyl (C=O) groups is 2. The van der Waals surface area contributed by atoms with E-state index in [1.54, 1.807) is 0 Å². The number of amides is 2. The summed E-state index contributed by atoms with van der Waals surface area (Å²) in [5.74, 6) is 1.07. The standard InChI is InChI=1S/C20H24N2O3S/c1-14-7-9-17(10-8-14)12-26-13-19(24)22-21-18(23)11-25-20-15(2)5-4-6-16(20)3/h4-10H,11-13H2,1-3H3,(H,21,23)(H,22,24). The van der Waals surface area contributed by atoms with Gasteiger partial charge in [0.2, 0.25) is 5.91 Å². The molecule has 2 aromatic carbocycles. The van der Waals surface area contributed by atoms with E-state index in [1.807, 2.05) is 63.2 Å². The Kier molecular flexibility index (Phi) is 7.53. The molecule has 0 spiro atoms. The van der Waals surface area contributed by atoms with Gasteiger partial charge in [0.1, 0.15) is 5.75 Å². The van der Waals surface area contributed by atoms with Gasteiger partial charge in [-0.3, -0.25) is 20.4 Å². The lowest BCUT2D eigenvalue weighted by molar-refractivity contribution is -0.128. The number of ether oxygens (including phenoxy) is 1. The molecule has 5 nitrogen and oxygen atoms in total. The van der Waals surface area contributed by atoms with Gasteiger partial charge < -0.3 is 4.74 Å². The van der Waals surface area contributed by atoms with E-state index in [-0.39, 0.29) is 18.3 Å². The molecule has 0 saturated carbocycles. The van der Waals surface area contributed by atoms with Crippen LogP contribution in [0.5, 0.6) is 5.75 Å². The van der Waals surface area contributed by atoms with Crippen molar-refractivity contribution in [3.05, 3.63) is 64.7 Å². The summed E-state index contributed by atoms with van der Waals surface area (Å²) in [6.07, 6.45) is 0. The van der Waals surface area contributed by atoms with Crippen molar-refractivity contribution in [1.82, 2.24) is 10.9 Å². The number of hydrogen-bond acceptors (Lipinski definition) is 4. The molecule has 0 unspecified atom stereocenters. The van der Waals surface area contributed by atoms with Crippen LogP contribution in [0.4, 0.5) is 0 Å². The lowest BCUT2D eigenvalue weighted by Crippen LogP contribution is -2.44. The summed E-state index contributed by atoms with van der Waals surface area (Å²) in [6.45, 7) is 5.74. The number of rotatable bonds is 7. The van der Waals surface area contributed by atoms with Gasteiger partial charge in [-0.25, -0.2) is 0 Å². The molecule has 6 heteroatoms. The quantitative estimate of drug-likeness (QED) is 0.733. The highest BCUT2D eigenvalue weighted by Gasteiger charge is 2.08. The first-order valence-electron chi connectivity index (χ1n) is 8.35. The molecular formula is C20H24N2O3S. The molecule has 2 amide bonds. The SMILES string of the molecule is Cc1ccc(CSCC(=O)NNC(=O)COc2c(C)cccc2C)cc1. The number of carbonyl (C=O) groups excluding carboxylic acids is 2. The van der Waals surface area contributed by atoms with Crippen LogP contribution in [0.2, 0.25) is 0 Å². The summed E-state index contributed by atoms with van der Waals surface area (Å²) in [5.41, 5.74) is 9.09. The zero-order chi connectivity index (χ0) is 18.9. The Morgan fingerprint density at radius 1 is 0.923 bits per heavy atom. The number of hydrogen-bond donors (Lipinski definition) is 2. The third-order valence-corrected chi connectivity index (χ3v) is 4.72. The first kappa shape index (κ1) is 19.8. The first-order chi connectivity index (χ1) is 12.5. The molecule has 0 atom stereocenters. The zero-order valence-corrected chi connectivity index (χ0v) is 16.1. The Bertz CT molecular complexity index is 740. The van der Waals surface area contributed by atoms with E-state index in [0.717, 1.165) is 16.9 Å². The predicted molar refractivity (Wildman–Crippen MR) is 105 cm³/mol. The summed E-state index contributed by atoms with van der Waals surface area (Å²) in [5, 5.41) is 0. The van der Waals surface area contributed by atoms with Crippen LogP contribution < -0.4 is 15.6 Å². The topological polar surface area (TPSA) is 67.4 Å². The van der Waals surface area contributed by atoms with E-state index < -0.39 is 5.91 Å². The molecule has 2 N–H and O–H groups in total. The van der Waals surface area contributed by atoms with Crippen LogP contribution >= 0.6 is 11.8 Å². The second-order valence-corrected chi connectivity index (χ2v) is 7.07. The van der Waals surface area contributed by atoms with Gasteiger partial charge in [0.15, 0.2) is 6.61 Å². The van der Waals surface area contributed by atoms with E-state index in [4.69, 9.17) is 4.74 Å². The number of thioether (sulfide) groups is 1. The van der Waals surface area contributed by atoms with Gasteiger partial charge >= 0.3 is 0 Å². The summed E-state index contributed by atoms with van der Waals surface area (Å²) in [4.78, 5) is 23.6. The highest BCUT2D eigenvalue weighted by Crippen LogP contribution is 2.21. The van der Waals surface area contributed by atoms with E-state index in [2.05, 4.69) is 10.9 Å². The molecule has 0 aliphatic carbocycles. The average molecular weight is 372 g/mol. The molecular weight excluding hydrogens is 348 g/mol. The molecule has 0 saturated heterocycles. The van der Waals surface area contributed by atoms with Crippen molar-refractivity contribution in [2.24, 2.45) is 0 Å². The second kappa shape index (κ2) is 9.87. The highest BCUT2D eigenvalue weighted by atomic mass is 32.2. The van der Waals surface area contributed by atoms with Gasteiger partial charge in [0.25, 0.3) is 5.91 Å². The fourth-order valence-corrected chi connectivity index (χ4v) is 3.11. The number of aryl methyl sites for hydroxylation is 3. The van der Waals surface area contributed by atoms with Crippen molar-refractivity contribution in [2.75, 3.05) is 12.4 Å². The predicted octanol–water partition coefficient (Wildman–Crippen LogP) is 3.07. The van der Waals surface area contributed by atoms with Crippen molar-refractivity contribution in [3.63, 3.8) is 0 Å². The maximum atomic E-state index is 11.8. The van der Waals surface area contributed by atoms with Gasteiger partial charge in [0, 0.05) is 5.75 Å². The van der Waals surface area contributed by atoms with E-state index >= 15 is 0 Å². The van der Waals surface area contributed by atoms with Crippen molar-refractivity contribution < 1.29 is 14.3 Å². The Balaban J connectivity index is 1.65. The van der Waals surface area contributed by atoms with Crippen LogP contribution in [-0.4, -0.2) is 24.2 Å². The van der Waals surface area contributed by atoms with E-state index in [1.165, 1.54) is 22.9 Å². The van der Waals surface area contributed by atoms with Crippen LogP contribution in [0.15, 0.2) is 42.5 Å². The van der Waals surface area contributed by atoms with E-state index in [9.17, 15) is 9.59 Å². The maximum absolute atomic E-state index is 11.8. The molecule has 0 bridgehead atoms. The average Bonchev–Trinajstić information content (AvgIpc) is 2.61.